The van der Waals surface area contributed by atoms with Crippen molar-refractivity contribution in [2.75, 3.05) is 26.7 Å². The SMILES string of the molecule is CN1CC(O)CC1C(=O)N1CC(O)CC1C(=O)N1CC(O)CC1C=O. The van der Waals surface area contributed by atoms with Crippen LogP contribution in [0.1, 0.15) is 19.3 Å². The van der Waals surface area contributed by atoms with E-state index in [0.29, 0.717) is 19.3 Å². The van der Waals surface area contributed by atoms with E-state index in [2.05, 4.69) is 0 Å². The normalized spacial score (nSPS) is 39.2. The van der Waals surface area contributed by atoms with Crippen LogP contribution in [0.4, 0.5) is 0 Å². The second-order valence-electron chi connectivity index (χ2n) is 7.32. The highest BCUT2D eigenvalue weighted by Gasteiger charge is 2.47. The van der Waals surface area contributed by atoms with Gasteiger partial charge in [-0.15, -0.1) is 0 Å². The van der Waals surface area contributed by atoms with E-state index in [9.17, 15) is 29.7 Å². The molecular weight excluding hydrogens is 330 g/mol. The number of aliphatic hydroxyl groups excluding tert-OH is 3. The number of carbonyl (C=O) groups excluding carboxylic acids is 3. The number of β-amino-alcohol motifs (C(OH)–C–C–N with tert-alkyl or cyclic N) is 3. The first-order valence-electron chi connectivity index (χ1n) is 8.62. The number of aliphatic hydroxyl groups is 3. The number of nitrogens with zero attached hydrogens (tertiary/aromatic N) is 3. The molecule has 3 aliphatic heterocycles. The summed E-state index contributed by atoms with van der Waals surface area (Å²) in [5, 5.41) is 29.5. The maximum atomic E-state index is 12.9. The number of likely N-dealkylation sites (N-methyl/N-ethyl adjacent to an activating group) is 1. The summed E-state index contributed by atoms with van der Waals surface area (Å²) >= 11 is 0. The molecule has 140 valence electrons. The topological polar surface area (TPSA) is 122 Å². The Morgan fingerprint density at radius 2 is 1.36 bits per heavy atom. The molecule has 3 aliphatic rings. The molecule has 2 amide bonds. The highest BCUT2D eigenvalue weighted by atomic mass is 16.3. The minimum absolute atomic E-state index is 0.0534. The van der Waals surface area contributed by atoms with Crippen molar-refractivity contribution in [1.82, 2.24) is 14.7 Å². The van der Waals surface area contributed by atoms with Crippen LogP contribution in [-0.4, -0.2) is 111 Å². The second-order valence-corrected chi connectivity index (χ2v) is 7.32. The smallest absolute Gasteiger partial charge is 0.246 e. The third-order valence-corrected chi connectivity index (χ3v) is 5.42. The molecule has 0 radical (unpaired) electrons. The van der Waals surface area contributed by atoms with E-state index in [4.69, 9.17) is 0 Å². The number of likely N-dealkylation sites (tertiary alicyclic amines) is 3. The van der Waals surface area contributed by atoms with E-state index >= 15 is 0 Å². The van der Waals surface area contributed by atoms with E-state index in [-0.39, 0.29) is 31.8 Å². The van der Waals surface area contributed by atoms with Gasteiger partial charge < -0.3 is 29.9 Å². The average molecular weight is 355 g/mol. The summed E-state index contributed by atoms with van der Waals surface area (Å²) in [5.41, 5.74) is 0. The highest BCUT2D eigenvalue weighted by Crippen LogP contribution is 2.27. The molecule has 3 saturated heterocycles. The van der Waals surface area contributed by atoms with Gasteiger partial charge in [0.05, 0.1) is 30.4 Å². The molecule has 3 N–H and O–H groups in total. The Hall–Kier alpha value is -1.55. The molecule has 0 saturated carbocycles. The van der Waals surface area contributed by atoms with Gasteiger partial charge in [-0.25, -0.2) is 0 Å². The molecular formula is C16H25N3O6. The monoisotopic (exact) mass is 355 g/mol. The second kappa shape index (κ2) is 6.99. The predicted octanol–water partition coefficient (Wildman–Crippen LogP) is -2.83. The molecule has 6 atom stereocenters. The highest BCUT2D eigenvalue weighted by molar-refractivity contribution is 5.92. The molecule has 6 unspecified atom stereocenters. The van der Waals surface area contributed by atoms with Crippen molar-refractivity contribution in [2.45, 2.75) is 55.7 Å². The van der Waals surface area contributed by atoms with Crippen LogP contribution in [0, 0.1) is 0 Å². The van der Waals surface area contributed by atoms with Gasteiger partial charge in [-0.2, -0.15) is 0 Å². The van der Waals surface area contributed by atoms with Crippen molar-refractivity contribution >= 4 is 18.1 Å². The molecule has 0 aromatic carbocycles. The van der Waals surface area contributed by atoms with E-state index in [1.54, 1.807) is 11.9 Å². The lowest BCUT2D eigenvalue weighted by Crippen LogP contribution is -2.53. The standard InChI is InChI=1S/C16H25N3O6/c1-17-5-11(22)3-13(17)15(24)19-7-12(23)4-14(19)16(25)18-6-10(21)2-9(18)8-20/h8-14,21-23H,2-7H2,1H3. The Morgan fingerprint density at radius 1 is 0.840 bits per heavy atom. The molecule has 3 rings (SSSR count). The predicted molar refractivity (Wildman–Crippen MR) is 85.4 cm³/mol. The average Bonchev–Trinajstić information content (AvgIpc) is 3.22. The van der Waals surface area contributed by atoms with Crippen LogP contribution in [0.2, 0.25) is 0 Å². The van der Waals surface area contributed by atoms with Crippen LogP contribution in [0.3, 0.4) is 0 Å². The maximum Gasteiger partial charge on any atom is 0.246 e. The van der Waals surface area contributed by atoms with Gasteiger partial charge in [-0.1, -0.05) is 0 Å². The van der Waals surface area contributed by atoms with E-state index in [1.807, 2.05) is 0 Å². The van der Waals surface area contributed by atoms with Gasteiger partial charge in [-0.3, -0.25) is 14.5 Å². The van der Waals surface area contributed by atoms with Crippen molar-refractivity contribution in [3.05, 3.63) is 0 Å². The van der Waals surface area contributed by atoms with Crippen LogP contribution >= 0.6 is 0 Å². The minimum Gasteiger partial charge on any atom is -0.392 e. The zero-order chi connectivity index (χ0) is 18.3. The van der Waals surface area contributed by atoms with Crippen molar-refractivity contribution in [2.24, 2.45) is 0 Å². The molecule has 9 nitrogen and oxygen atoms in total. The molecule has 25 heavy (non-hydrogen) atoms. The van der Waals surface area contributed by atoms with Crippen molar-refractivity contribution in [1.29, 1.82) is 0 Å². The summed E-state index contributed by atoms with van der Waals surface area (Å²) in [6.07, 6.45) is -0.927. The maximum absolute atomic E-state index is 12.9. The van der Waals surface area contributed by atoms with Crippen molar-refractivity contribution < 1.29 is 29.7 Å². The summed E-state index contributed by atoms with van der Waals surface area (Å²) < 4.78 is 0. The Bertz CT molecular complexity index is 558. The lowest BCUT2D eigenvalue weighted by atomic mass is 10.1. The molecule has 9 heteroatoms. The largest absolute Gasteiger partial charge is 0.392 e. The summed E-state index contributed by atoms with van der Waals surface area (Å²) in [7, 11) is 1.74. The van der Waals surface area contributed by atoms with Crippen molar-refractivity contribution in [3.8, 4) is 0 Å². The molecule has 0 spiro atoms. The van der Waals surface area contributed by atoms with Gasteiger partial charge in [0.25, 0.3) is 0 Å². The van der Waals surface area contributed by atoms with E-state index < -0.39 is 42.3 Å². The van der Waals surface area contributed by atoms with E-state index in [1.165, 1.54) is 9.80 Å². The molecule has 3 fully saturated rings. The number of carbonyl (C=O) groups is 3. The molecule has 0 aromatic heterocycles. The lowest BCUT2D eigenvalue weighted by molar-refractivity contribution is -0.147. The molecule has 0 aromatic rings. The number of hydrogen-bond acceptors (Lipinski definition) is 7. The fourth-order valence-electron chi connectivity index (χ4n) is 4.16. The van der Waals surface area contributed by atoms with E-state index in [0.717, 1.165) is 0 Å². The summed E-state index contributed by atoms with van der Waals surface area (Å²) in [4.78, 5) is 41.3. The molecule has 0 bridgehead atoms. The first-order chi connectivity index (χ1) is 11.8. The van der Waals surface area contributed by atoms with Gasteiger partial charge in [0.15, 0.2) is 0 Å². The van der Waals surface area contributed by atoms with Crippen LogP contribution in [0.25, 0.3) is 0 Å². The first-order valence-corrected chi connectivity index (χ1v) is 8.62. The van der Waals surface area contributed by atoms with Gasteiger partial charge in [0.2, 0.25) is 11.8 Å². The third-order valence-electron chi connectivity index (χ3n) is 5.42. The lowest BCUT2D eigenvalue weighted by Gasteiger charge is -2.32. The number of aldehydes is 1. The summed E-state index contributed by atoms with van der Waals surface area (Å²) in [5.74, 6) is -0.712. The fourth-order valence-corrected chi connectivity index (χ4v) is 4.16. The Kier molecular flexibility index (Phi) is 5.10. The van der Waals surface area contributed by atoms with Gasteiger partial charge >= 0.3 is 0 Å². The quantitative estimate of drug-likeness (QED) is 0.467. The Morgan fingerprint density at radius 3 is 1.96 bits per heavy atom. The van der Waals surface area contributed by atoms with Crippen molar-refractivity contribution in [3.63, 3.8) is 0 Å². The fraction of sp³-hybridized carbons (Fsp3) is 0.812. The van der Waals surface area contributed by atoms with Crippen LogP contribution in [0.15, 0.2) is 0 Å². The Labute approximate surface area is 145 Å². The molecule has 3 heterocycles. The summed E-state index contributed by atoms with van der Waals surface area (Å²) in [6.45, 7) is 0.494. The Balaban J connectivity index is 1.76. The number of amides is 2. The first kappa shape index (κ1) is 18.2. The van der Waals surface area contributed by atoms with Gasteiger partial charge in [0.1, 0.15) is 12.3 Å². The summed E-state index contributed by atoms with van der Waals surface area (Å²) in [6, 6.07) is -2.07. The van der Waals surface area contributed by atoms with Crippen LogP contribution in [-0.2, 0) is 14.4 Å². The van der Waals surface area contributed by atoms with Gasteiger partial charge in [-0.05, 0) is 13.5 Å². The number of rotatable bonds is 3. The van der Waals surface area contributed by atoms with Gasteiger partial charge in [0, 0.05) is 32.5 Å². The third kappa shape index (κ3) is 3.41. The number of hydrogen-bond donors (Lipinski definition) is 3. The molecule has 0 aliphatic carbocycles. The van der Waals surface area contributed by atoms with Crippen LogP contribution < -0.4 is 0 Å². The van der Waals surface area contributed by atoms with Crippen LogP contribution in [0.5, 0.6) is 0 Å². The minimum atomic E-state index is -0.846. The zero-order valence-electron chi connectivity index (χ0n) is 14.2. The zero-order valence-corrected chi connectivity index (χ0v) is 14.2.